The summed E-state index contributed by atoms with van der Waals surface area (Å²) < 4.78 is 28.2. The molecule has 0 radical (unpaired) electrons. The predicted molar refractivity (Wildman–Crippen MR) is 200 cm³/mol. The van der Waals surface area contributed by atoms with Crippen LogP contribution in [0.5, 0.6) is 5.88 Å². The van der Waals surface area contributed by atoms with Crippen LogP contribution in [-0.2, 0) is 24.4 Å². The molecule has 2 fully saturated rings. The first-order valence-electron chi connectivity index (χ1n) is 18.1. The zero-order valence-electron chi connectivity index (χ0n) is 29.4. The molecule has 2 saturated heterocycles. The average molecular weight is 724 g/mol. The van der Waals surface area contributed by atoms with E-state index in [-0.39, 0.29) is 18.5 Å². The first-order chi connectivity index (χ1) is 25.3. The number of ether oxygens (including phenoxy) is 2. The molecule has 8 rings (SSSR count). The zero-order valence-corrected chi connectivity index (χ0v) is 30.1. The lowest BCUT2D eigenvalue weighted by Crippen LogP contribution is -2.35. The highest BCUT2D eigenvalue weighted by Crippen LogP contribution is 2.32. The second-order valence-corrected chi connectivity index (χ2v) is 14.7. The number of nitrogens with zero attached hydrogens (tertiary/aromatic N) is 5. The summed E-state index contributed by atoms with van der Waals surface area (Å²) in [6, 6.07) is 22.4. The van der Waals surface area contributed by atoms with Crippen LogP contribution in [0.25, 0.3) is 21.9 Å². The standard InChI is InChI=1S/C40H43ClFN7O3/c1-24(2)39-31-20-29(9-10-34(31)46-47-39)43-40(50)26-7-11-36-35(18-26)44-37(49(36)21-30-14-17-51-30)22-48-15-12-25(13-16-48)33-4-3-5-38(45-33)52-23-27-6-8-28(41)19-32(27)42/h3-11,18-20,24-25,30,40,43,50H,12-17,21-23H2,1-2H3,(H,46,47)/t30-,40?/m0/s1. The molecule has 270 valence electrons. The highest BCUT2D eigenvalue weighted by Gasteiger charge is 2.26. The van der Waals surface area contributed by atoms with E-state index in [1.807, 2.05) is 48.5 Å². The van der Waals surface area contributed by atoms with Crippen molar-refractivity contribution < 1.29 is 19.0 Å². The summed E-state index contributed by atoms with van der Waals surface area (Å²) in [4.78, 5) is 12.4. The van der Waals surface area contributed by atoms with Crippen LogP contribution in [0.4, 0.5) is 10.1 Å². The van der Waals surface area contributed by atoms with Crippen LogP contribution < -0.4 is 10.1 Å². The van der Waals surface area contributed by atoms with Crippen molar-refractivity contribution in [3.05, 3.63) is 112 Å². The topological polar surface area (TPSA) is 113 Å². The molecule has 5 heterocycles. The summed E-state index contributed by atoms with van der Waals surface area (Å²) in [5.74, 6) is 1.71. The van der Waals surface area contributed by atoms with Gasteiger partial charge in [-0.15, -0.1) is 0 Å². The second-order valence-electron chi connectivity index (χ2n) is 14.2. The molecule has 0 bridgehead atoms. The van der Waals surface area contributed by atoms with Gasteiger partial charge in [-0.05, 0) is 86.8 Å². The Bertz CT molecular complexity index is 2190. The number of benzene rings is 3. The number of H-pyrrole nitrogens is 1. The number of halogens is 2. The summed E-state index contributed by atoms with van der Waals surface area (Å²) in [7, 11) is 0. The smallest absolute Gasteiger partial charge is 0.213 e. The third-order valence-electron chi connectivity index (χ3n) is 10.3. The van der Waals surface area contributed by atoms with Gasteiger partial charge in [0.25, 0.3) is 0 Å². The second kappa shape index (κ2) is 14.8. The first-order valence-corrected chi connectivity index (χ1v) is 18.4. The van der Waals surface area contributed by atoms with Gasteiger partial charge in [0.05, 0.1) is 35.7 Å². The zero-order chi connectivity index (χ0) is 35.8. The van der Waals surface area contributed by atoms with Gasteiger partial charge in [-0.1, -0.05) is 43.6 Å². The number of aromatic nitrogens is 5. The van der Waals surface area contributed by atoms with Crippen molar-refractivity contribution in [2.24, 2.45) is 0 Å². The Morgan fingerprint density at radius 1 is 1.02 bits per heavy atom. The van der Waals surface area contributed by atoms with Crippen molar-refractivity contribution in [3.8, 4) is 5.88 Å². The van der Waals surface area contributed by atoms with Crippen LogP contribution in [-0.4, -0.2) is 60.5 Å². The maximum Gasteiger partial charge on any atom is 0.213 e. The lowest BCUT2D eigenvalue weighted by atomic mass is 9.93. The van der Waals surface area contributed by atoms with Gasteiger partial charge in [-0.2, -0.15) is 5.10 Å². The molecule has 6 aromatic rings. The number of hydrogen-bond donors (Lipinski definition) is 3. The van der Waals surface area contributed by atoms with Gasteiger partial charge in [0.1, 0.15) is 18.2 Å². The molecule has 12 heteroatoms. The molecule has 2 aliphatic rings. The largest absolute Gasteiger partial charge is 0.473 e. The van der Waals surface area contributed by atoms with Crippen molar-refractivity contribution in [1.29, 1.82) is 0 Å². The molecule has 2 aliphatic heterocycles. The maximum absolute atomic E-state index is 14.3. The molecule has 0 amide bonds. The SMILES string of the molecule is CC(C)c1[nH]nc2ccc(NC(O)c3ccc4c(c3)nc(CN3CCC(c5cccc(OCc6ccc(Cl)cc6F)n5)CC3)n4C[C@@H]3CCO3)cc12. The number of rotatable bonds is 12. The van der Waals surface area contributed by atoms with Crippen LogP contribution in [0.1, 0.15) is 79.5 Å². The Morgan fingerprint density at radius 3 is 2.63 bits per heavy atom. The van der Waals surface area contributed by atoms with Crippen LogP contribution in [0.15, 0.2) is 72.8 Å². The Morgan fingerprint density at radius 2 is 1.87 bits per heavy atom. The third-order valence-corrected chi connectivity index (χ3v) is 10.6. The van der Waals surface area contributed by atoms with Gasteiger partial charge in [-0.3, -0.25) is 10.00 Å². The number of likely N-dealkylation sites (tertiary alicyclic amines) is 1. The highest BCUT2D eigenvalue weighted by atomic mass is 35.5. The van der Waals surface area contributed by atoms with Crippen molar-refractivity contribution in [2.45, 2.75) is 77.0 Å². The quantitative estimate of drug-likeness (QED) is 0.109. The lowest BCUT2D eigenvalue weighted by molar-refractivity contribution is -0.0592. The minimum Gasteiger partial charge on any atom is -0.473 e. The number of pyridine rings is 1. The molecule has 3 aromatic carbocycles. The van der Waals surface area contributed by atoms with E-state index < -0.39 is 6.23 Å². The molecule has 1 unspecified atom stereocenters. The fraction of sp³-hybridized carbons (Fsp3) is 0.375. The molecule has 0 spiro atoms. The number of fused-ring (bicyclic) bond motifs is 2. The lowest BCUT2D eigenvalue weighted by Gasteiger charge is -2.32. The van der Waals surface area contributed by atoms with Gasteiger partial charge in [0, 0.05) is 57.2 Å². The highest BCUT2D eigenvalue weighted by molar-refractivity contribution is 6.30. The number of hydrogen-bond acceptors (Lipinski definition) is 8. The molecular formula is C40H43ClFN7O3. The number of nitrogens with one attached hydrogen (secondary N) is 2. The van der Waals surface area contributed by atoms with E-state index in [1.54, 1.807) is 12.1 Å². The van der Waals surface area contributed by atoms with E-state index in [0.29, 0.717) is 28.3 Å². The summed E-state index contributed by atoms with van der Waals surface area (Å²) in [6.45, 7) is 8.43. The molecule has 10 nitrogen and oxygen atoms in total. The Labute approximate surface area is 306 Å². The van der Waals surface area contributed by atoms with Crippen LogP contribution in [0.2, 0.25) is 5.02 Å². The number of piperidine rings is 1. The Kier molecular flexibility index (Phi) is 9.84. The van der Waals surface area contributed by atoms with Gasteiger partial charge in [-0.25, -0.2) is 14.4 Å². The number of imidazole rings is 1. The normalized spacial score (nSPS) is 17.5. The van der Waals surface area contributed by atoms with Crippen LogP contribution >= 0.6 is 11.6 Å². The van der Waals surface area contributed by atoms with Gasteiger partial charge >= 0.3 is 0 Å². The summed E-state index contributed by atoms with van der Waals surface area (Å²) in [5.41, 5.74) is 6.88. The summed E-state index contributed by atoms with van der Waals surface area (Å²) >= 11 is 5.89. The molecule has 0 aliphatic carbocycles. The Hall–Kier alpha value is -4.55. The van der Waals surface area contributed by atoms with E-state index in [2.05, 4.69) is 44.9 Å². The van der Waals surface area contributed by atoms with E-state index in [0.717, 1.165) is 102 Å². The molecule has 0 saturated carbocycles. The first kappa shape index (κ1) is 34.5. The van der Waals surface area contributed by atoms with Crippen LogP contribution in [0.3, 0.4) is 0 Å². The number of aromatic amines is 1. The van der Waals surface area contributed by atoms with E-state index in [4.69, 9.17) is 31.0 Å². The number of anilines is 1. The monoisotopic (exact) mass is 723 g/mol. The fourth-order valence-corrected chi connectivity index (χ4v) is 7.40. The van der Waals surface area contributed by atoms with Gasteiger partial charge < -0.3 is 24.5 Å². The van der Waals surface area contributed by atoms with Gasteiger partial charge in [0.2, 0.25) is 5.88 Å². The van der Waals surface area contributed by atoms with E-state index >= 15 is 0 Å². The van der Waals surface area contributed by atoms with E-state index in [9.17, 15) is 9.50 Å². The third kappa shape index (κ3) is 7.36. The predicted octanol–water partition coefficient (Wildman–Crippen LogP) is 8.07. The van der Waals surface area contributed by atoms with Gasteiger partial charge in [0.15, 0.2) is 6.23 Å². The molecular weight excluding hydrogens is 681 g/mol. The summed E-state index contributed by atoms with van der Waals surface area (Å²) in [6.07, 6.45) is 2.22. The molecule has 3 N–H and O–H groups in total. The van der Waals surface area contributed by atoms with E-state index in [1.165, 1.54) is 6.07 Å². The molecule has 3 aromatic heterocycles. The minimum atomic E-state index is -0.907. The maximum atomic E-state index is 14.3. The summed E-state index contributed by atoms with van der Waals surface area (Å²) in [5, 5.41) is 23.5. The van der Waals surface area contributed by atoms with Crippen LogP contribution in [0, 0.1) is 5.82 Å². The number of aliphatic hydroxyl groups is 1. The average Bonchev–Trinajstić information content (AvgIpc) is 3.70. The van der Waals surface area contributed by atoms with Crippen molar-refractivity contribution in [2.75, 3.05) is 25.0 Å². The van der Waals surface area contributed by atoms with Crippen molar-refractivity contribution >= 4 is 39.2 Å². The molecule has 2 atom stereocenters. The molecule has 52 heavy (non-hydrogen) atoms. The fourth-order valence-electron chi connectivity index (χ4n) is 7.24. The van der Waals surface area contributed by atoms with Crippen molar-refractivity contribution in [1.82, 2.24) is 29.6 Å². The number of aliphatic hydroxyl groups excluding tert-OH is 1. The minimum absolute atomic E-state index is 0.0866. The Balaban J connectivity index is 0.940. The van der Waals surface area contributed by atoms with Crippen molar-refractivity contribution in [3.63, 3.8) is 0 Å².